The Morgan fingerprint density at radius 2 is 2.21 bits per heavy atom. The second kappa shape index (κ2) is 10.8. The summed E-state index contributed by atoms with van der Waals surface area (Å²) in [5.74, 6) is 2.09. The molecule has 0 aliphatic carbocycles. The number of hydrogen-bond donors (Lipinski definition) is 1. The van der Waals surface area contributed by atoms with Crippen LogP contribution in [-0.2, 0) is 0 Å². The Hall–Kier alpha value is -1.57. The van der Waals surface area contributed by atoms with Crippen LogP contribution in [0.15, 0.2) is 48.0 Å². The minimum absolute atomic E-state index is 0. The SMILES string of the molecule is CCNC(=NCC(C)c1cccc(C)c1)N1CCC(C)C(n2ccnc2)C1.I. The van der Waals surface area contributed by atoms with Crippen LogP contribution < -0.4 is 5.32 Å². The van der Waals surface area contributed by atoms with Crippen LogP contribution in [0.1, 0.15) is 50.3 Å². The number of aromatic nitrogens is 2. The number of benzene rings is 1. The summed E-state index contributed by atoms with van der Waals surface area (Å²) in [5, 5.41) is 3.50. The third-order valence-corrected chi connectivity index (χ3v) is 5.59. The van der Waals surface area contributed by atoms with Crippen molar-refractivity contribution in [1.82, 2.24) is 19.8 Å². The topological polar surface area (TPSA) is 45.5 Å². The van der Waals surface area contributed by atoms with Crippen molar-refractivity contribution in [1.29, 1.82) is 0 Å². The molecular weight excluding hydrogens is 461 g/mol. The monoisotopic (exact) mass is 495 g/mol. The van der Waals surface area contributed by atoms with Crippen molar-refractivity contribution in [3.05, 3.63) is 54.1 Å². The molecule has 6 heteroatoms. The molecule has 3 rings (SSSR count). The van der Waals surface area contributed by atoms with Crippen LogP contribution in [0.5, 0.6) is 0 Å². The molecule has 154 valence electrons. The lowest BCUT2D eigenvalue weighted by atomic mass is 9.93. The summed E-state index contributed by atoms with van der Waals surface area (Å²) in [5.41, 5.74) is 2.67. The first-order valence-corrected chi connectivity index (χ1v) is 10.2. The lowest BCUT2D eigenvalue weighted by Gasteiger charge is -2.39. The molecule has 1 aliphatic heterocycles. The molecule has 5 nitrogen and oxygen atoms in total. The van der Waals surface area contributed by atoms with Gasteiger partial charge in [0, 0.05) is 44.5 Å². The number of rotatable bonds is 5. The summed E-state index contributed by atoms with van der Waals surface area (Å²) in [6.07, 6.45) is 7.05. The molecule has 0 amide bonds. The van der Waals surface area contributed by atoms with Gasteiger partial charge >= 0.3 is 0 Å². The first-order chi connectivity index (χ1) is 13.1. The zero-order chi connectivity index (χ0) is 19.2. The lowest BCUT2D eigenvalue weighted by molar-refractivity contribution is 0.189. The summed E-state index contributed by atoms with van der Waals surface area (Å²) < 4.78 is 2.25. The van der Waals surface area contributed by atoms with Crippen LogP contribution in [0.3, 0.4) is 0 Å². The Morgan fingerprint density at radius 1 is 1.39 bits per heavy atom. The molecule has 2 aromatic rings. The Kier molecular flexibility index (Phi) is 8.79. The normalized spacial score (nSPS) is 21.1. The molecule has 1 aromatic carbocycles. The van der Waals surface area contributed by atoms with Gasteiger partial charge < -0.3 is 14.8 Å². The fraction of sp³-hybridized carbons (Fsp3) is 0.545. The number of nitrogens with zero attached hydrogens (tertiary/aromatic N) is 4. The Morgan fingerprint density at radius 3 is 2.89 bits per heavy atom. The summed E-state index contributed by atoms with van der Waals surface area (Å²) in [4.78, 5) is 11.6. The molecule has 1 aromatic heterocycles. The summed E-state index contributed by atoms with van der Waals surface area (Å²) in [6, 6.07) is 9.20. The maximum Gasteiger partial charge on any atom is 0.194 e. The van der Waals surface area contributed by atoms with Gasteiger partial charge in [0.1, 0.15) is 0 Å². The van der Waals surface area contributed by atoms with Crippen LogP contribution >= 0.6 is 24.0 Å². The van der Waals surface area contributed by atoms with E-state index in [1.807, 2.05) is 12.5 Å². The molecule has 0 bridgehead atoms. The Balaban J connectivity index is 0.00000280. The highest BCUT2D eigenvalue weighted by Gasteiger charge is 2.28. The van der Waals surface area contributed by atoms with Gasteiger partial charge in [-0.05, 0) is 31.7 Å². The summed E-state index contributed by atoms with van der Waals surface area (Å²) in [6.45, 7) is 12.6. The van der Waals surface area contributed by atoms with Crippen molar-refractivity contribution in [2.75, 3.05) is 26.2 Å². The maximum absolute atomic E-state index is 4.99. The molecule has 28 heavy (non-hydrogen) atoms. The molecular formula is C22H34IN5. The van der Waals surface area contributed by atoms with E-state index in [4.69, 9.17) is 4.99 Å². The lowest BCUT2D eigenvalue weighted by Crippen LogP contribution is -2.49. The van der Waals surface area contributed by atoms with E-state index < -0.39 is 0 Å². The third kappa shape index (κ3) is 5.72. The van der Waals surface area contributed by atoms with Crippen molar-refractivity contribution >= 4 is 29.9 Å². The van der Waals surface area contributed by atoms with Crippen LogP contribution in [-0.4, -0.2) is 46.6 Å². The fourth-order valence-corrected chi connectivity index (χ4v) is 3.83. The largest absolute Gasteiger partial charge is 0.357 e. The van der Waals surface area contributed by atoms with Crippen LogP contribution in [0.2, 0.25) is 0 Å². The number of aliphatic imine (C=N–C) groups is 1. The van der Waals surface area contributed by atoms with Crippen LogP contribution in [0.4, 0.5) is 0 Å². The molecule has 0 radical (unpaired) electrons. The van der Waals surface area contributed by atoms with E-state index in [-0.39, 0.29) is 24.0 Å². The van der Waals surface area contributed by atoms with Crippen LogP contribution in [0.25, 0.3) is 0 Å². The van der Waals surface area contributed by atoms with E-state index in [0.717, 1.165) is 32.1 Å². The predicted molar refractivity (Wildman–Crippen MR) is 128 cm³/mol. The van der Waals surface area contributed by atoms with Crippen molar-refractivity contribution in [3.63, 3.8) is 0 Å². The van der Waals surface area contributed by atoms with Gasteiger partial charge in [-0.25, -0.2) is 4.98 Å². The number of aryl methyl sites for hydroxylation is 1. The van der Waals surface area contributed by atoms with Gasteiger partial charge in [0.15, 0.2) is 5.96 Å². The van der Waals surface area contributed by atoms with E-state index in [1.54, 1.807) is 0 Å². The highest BCUT2D eigenvalue weighted by atomic mass is 127. The number of piperidine rings is 1. The van der Waals surface area contributed by atoms with Crippen molar-refractivity contribution in [2.24, 2.45) is 10.9 Å². The average molecular weight is 495 g/mol. The number of hydrogen-bond acceptors (Lipinski definition) is 2. The minimum atomic E-state index is 0. The zero-order valence-corrected chi connectivity index (χ0v) is 19.8. The van der Waals surface area contributed by atoms with E-state index in [1.165, 1.54) is 17.5 Å². The van der Waals surface area contributed by atoms with Gasteiger partial charge in [-0.1, -0.05) is 43.7 Å². The Bertz CT molecular complexity index is 743. The van der Waals surface area contributed by atoms with Gasteiger partial charge in [-0.2, -0.15) is 0 Å². The molecule has 2 heterocycles. The first kappa shape index (κ1) is 22.7. The van der Waals surface area contributed by atoms with Gasteiger partial charge in [-0.3, -0.25) is 4.99 Å². The van der Waals surface area contributed by atoms with E-state index in [2.05, 4.69) is 77.9 Å². The molecule has 1 fully saturated rings. The smallest absolute Gasteiger partial charge is 0.194 e. The highest BCUT2D eigenvalue weighted by molar-refractivity contribution is 14.0. The quantitative estimate of drug-likeness (QED) is 0.379. The van der Waals surface area contributed by atoms with E-state index in [9.17, 15) is 0 Å². The molecule has 3 atom stereocenters. The van der Waals surface area contributed by atoms with Crippen molar-refractivity contribution in [3.8, 4) is 0 Å². The Labute approximate surface area is 186 Å². The van der Waals surface area contributed by atoms with Crippen molar-refractivity contribution in [2.45, 2.75) is 46.1 Å². The van der Waals surface area contributed by atoms with Gasteiger partial charge in [0.25, 0.3) is 0 Å². The second-order valence-electron chi connectivity index (χ2n) is 7.80. The number of halogens is 1. The summed E-state index contributed by atoms with van der Waals surface area (Å²) in [7, 11) is 0. The third-order valence-electron chi connectivity index (χ3n) is 5.59. The van der Waals surface area contributed by atoms with Crippen molar-refractivity contribution < 1.29 is 0 Å². The number of likely N-dealkylation sites (tertiary alicyclic amines) is 1. The zero-order valence-electron chi connectivity index (χ0n) is 17.5. The van der Waals surface area contributed by atoms with E-state index in [0.29, 0.717) is 17.9 Å². The first-order valence-electron chi connectivity index (χ1n) is 10.2. The fourth-order valence-electron chi connectivity index (χ4n) is 3.83. The average Bonchev–Trinajstić information content (AvgIpc) is 3.20. The number of guanidine groups is 1. The highest BCUT2D eigenvalue weighted by Crippen LogP contribution is 2.27. The number of nitrogens with one attached hydrogen (secondary N) is 1. The van der Waals surface area contributed by atoms with Gasteiger partial charge in [0.05, 0.1) is 12.4 Å². The summed E-state index contributed by atoms with van der Waals surface area (Å²) >= 11 is 0. The molecule has 0 spiro atoms. The van der Waals surface area contributed by atoms with E-state index >= 15 is 0 Å². The molecule has 1 aliphatic rings. The second-order valence-corrected chi connectivity index (χ2v) is 7.80. The molecule has 1 N–H and O–H groups in total. The standard InChI is InChI=1S/C22H33N5.HI/c1-5-24-22(25-14-19(4)20-8-6-7-17(2)13-20)26-11-9-18(3)21(15-26)27-12-10-23-16-27;/h6-8,10,12-13,16,18-19,21H,5,9,11,14-15H2,1-4H3,(H,24,25);1H. The minimum Gasteiger partial charge on any atom is -0.357 e. The maximum atomic E-state index is 4.99. The van der Waals surface area contributed by atoms with Crippen LogP contribution in [0, 0.1) is 12.8 Å². The van der Waals surface area contributed by atoms with Gasteiger partial charge in [-0.15, -0.1) is 24.0 Å². The number of imidazole rings is 1. The van der Waals surface area contributed by atoms with Gasteiger partial charge in [0.2, 0.25) is 0 Å². The molecule has 0 saturated carbocycles. The predicted octanol–water partition coefficient (Wildman–Crippen LogP) is 4.46. The molecule has 1 saturated heterocycles. The molecule has 3 unspecified atom stereocenters.